The largest absolute Gasteiger partial charge is 0.375 e. The van der Waals surface area contributed by atoms with Crippen molar-refractivity contribution in [2.75, 3.05) is 13.7 Å². The van der Waals surface area contributed by atoms with Gasteiger partial charge in [-0.3, -0.25) is 4.79 Å². The first kappa shape index (κ1) is 11.6. The standard InChI is InChI=1S/C13H14N2O2/c1-17-8-13(16)15-12-6-5-10-9(7-14)3-2-4-11(10)12/h2-4,12H,5-6,8H2,1H3,(H,15,16). The minimum Gasteiger partial charge on any atom is -0.375 e. The molecule has 0 aromatic heterocycles. The zero-order valence-electron chi connectivity index (χ0n) is 9.69. The Morgan fingerprint density at radius 2 is 2.47 bits per heavy atom. The van der Waals surface area contributed by atoms with Crippen molar-refractivity contribution in [1.82, 2.24) is 5.32 Å². The summed E-state index contributed by atoms with van der Waals surface area (Å²) in [6.45, 7) is 0.0732. The van der Waals surface area contributed by atoms with Crippen molar-refractivity contribution in [3.8, 4) is 6.07 Å². The Morgan fingerprint density at radius 1 is 1.65 bits per heavy atom. The predicted molar refractivity (Wildman–Crippen MR) is 62.2 cm³/mol. The topological polar surface area (TPSA) is 62.1 Å². The molecule has 0 fully saturated rings. The maximum absolute atomic E-state index is 11.5. The van der Waals surface area contributed by atoms with Crippen LogP contribution in [0.25, 0.3) is 0 Å². The van der Waals surface area contributed by atoms with Crippen molar-refractivity contribution < 1.29 is 9.53 Å². The van der Waals surface area contributed by atoms with Crippen LogP contribution in [0.2, 0.25) is 0 Å². The van der Waals surface area contributed by atoms with Gasteiger partial charge in [0.05, 0.1) is 17.7 Å². The number of nitrogens with one attached hydrogen (secondary N) is 1. The van der Waals surface area contributed by atoms with E-state index in [0.29, 0.717) is 5.56 Å². The highest BCUT2D eigenvalue weighted by Crippen LogP contribution is 2.32. The van der Waals surface area contributed by atoms with Crippen LogP contribution in [0.3, 0.4) is 0 Å². The number of fused-ring (bicyclic) bond motifs is 1. The number of carbonyl (C=O) groups excluding carboxylic acids is 1. The molecule has 1 amide bonds. The Morgan fingerprint density at radius 3 is 3.18 bits per heavy atom. The van der Waals surface area contributed by atoms with Crippen LogP contribution in [0.5, 0.6) is 0 Å². The highest BCUT2D eigenvalue weighted by molar-refractivity contribution is 5.78. The lowest BCUT2D eigenvalue weighted by atomic mass is 10.0. The van der Waals surface area contributed by atoms with Gasteiger partial charge in [-0.15, -0.1) is 0 Å². The van der Waals surface area contributed by atoms with Gasteiger partial charge in [-0.05, 0) is 30.0 Å². The Hall–Kier alpha value is -1.86. The maximum atomic E-state index is 11.5. The van der Waals surface area contributed by atoms with Crippen molar-refractivity contribution in [3.63, 3.8) is 0 Å². The van der Waals surface area contributed by atoms with E-state index < -0.39 is 0 Å². The monoisotopic (exact) mass is 230 g/mol. The summed E-state index contributed by atoms with van der Waals surface area (Å²) in [5, 5.41) is 11.9. The molecule has 0 aliphatic heterocycles. The van der Waals surface area contributed by atoms with Gasteiger partial charge >= 0.3 is 0 Å². The highest BCUT2D eigenvalue weighted by Gasteiger charge is 2.25. The second-order valence-electron chi connectivity index (χ2n) is 4.08. The molecular weight excluding hydrogens is 216 g/mol. The van der Waals surface area contributed by atoms with E-state index >= 15 is 0 Å². The molecule has 4 nitrogen and oxygen atoms in total. The third-order valence-corrected chi connectivity index (χ3v) is 3.00. The summed E-state index contributed by atoms with van der Waals surface area (Å²) < 4.78 is 4.78. The van der Waals surface area contributed by atoms with E-state index in [1.807, 2.05) is 18.2 Å². The van der Waals surface area contributed by atoms with Crippen LogP contribution in [-0.4, -0.2) is 19.6 Å². The summed E-state index contributed by atoms with van der Waals surface area (Å²) in [5.41, 5.74) is 2.84. The van der Waals surface area contributed by atoms with Crippen LogP contribution in [0, 0.1) is 11.3 Å². The molecule has 1 aromatic rings. The zero-order chi connectivity index (χ0) is 12.3. The Labute approximate surface area is 100 Å². The molecule has 1 aromatic carbocycles. The van der Waals surface area contributed by atoms with Crippen molar-refractivity contribution in [2.24, 2.45) is 0 Å². The predicted octanol–water partition coefficient (Wildman–Crippen LogP) is 1.31. The lowest BCUT2D eigenvalue weighted by molar-refractivity contribution is -0.125. The van der Waals surface area contributed by atoms with E-state index in [-0.39, 0.29) is 18.6 Å². The Balaban J connectivity index is 2.18. The van der Waals surface area contributed by atoms with Gasteiger partial charge in [0.2, 0.25) is 5.91 Å². The van der Waals surface area contributed by atoms with Gasteiger partial charge in [0, 0.05) is 7.11 Å². The van der Waals surface area contributed by atoms with E-state index in [0.717, 1.165) is 24.0 Å². The molecule has 1 aliphatic carbocycles. The van der Waals surface area contributed by atoms with Crippen LogP contribution in [-0.2, 0) is 16.0 Å². The average molecular weight is 230 g/mol. The first-order valence-electron chi connectivity index (χ1n) is 5.56. The summed E-state index contributed by atoms with van der Waals surface area (Å²) in [6.07, 6.45) is 1.69. The molecule has 1 unspecified atom stereocenters. The number of nitriles is 1. The number of carbonyl (C=O) groups is 1. The molecule has 4 heteroatoms. The molecule has 0 radical (unpaired) electrons. The summed E-state index contributed by atoms with van der Waals surface area (Å²) in [4.78, 5) is 11.5. The molecule has 17 heavy (non-hydrogen) atoms. The number of benzene rings is 1. The smallest absolute Gasteiger partial charge is 0.246 e. The molecule has 2 rings (SSSR count). The lowest BCUT2D eigenvalue weighted by Crippen LogP contribution is -2.30. The molecule has 0 saturated carbocycles. The molecular formula is C13H14N2O2. The van der Waals surface area contributed by atoms with E-state index in [9.17, 15) is 4.79 Å². The fourth-order valence-electron chi connectivity index (χ4n) is 2.28. The molecule has 1 aliphatic rings. The highest BCUT2D eigenvalue weighted by atomic mass is 16.5. The summed E-state index contributed by atoms with van der Waals surface area (Å²) in [5.74, 6) is -0.118. The van der Waals surface area contributed by atoms with Crippen molar-refractivity contribution >= 4 is 5.91 Å². The quantitative estimate of drug-likeness (QED) is 0.851. The number of nitrogens with zero attached hydrogens (tertiary/aromatic N) is 1. The number of amides is 1. The van der Waals surface area contributed by atoms with E-state index in [2.05, 4.69) is 11.4 Å². The number of ether oxygens (including phenoxy) is 1. The molecule has 1 N–H and O–H groups in total. The van der Waals surface area contributed by atoms with Gasteiger partial charge in [-0.1, -0.05) is 12.1 Å². The molecule has 0 spiro atoms. The van der Waals surface area contributed by atoms with Gasteiger partial charge in [-0.25, -0.2) is 0 Å². The average Bonchev–Trinajstić information content (AvgIpc) is 2.73. The first-order valence-corrected chi connectivity index (χ1v) is 5.56. The lowest BCUT2D eigenvalue weighted by Gasteiger charge is -2.13. The number of methoxy groups -OCH3 is 1. The van der Waals surface area contributed by atoms with Crippen LogP contribution >= 0.6 is 0 Å². The number of rotatable bonds is 3. The van der Waals surface area contributed by atoms with E-state index in [4.69, 9.17) is 10.00 Å². The van der Waals surface area contributed by atoms with Crippen molar-refractivity contribution in [3.05, 3.63) is 34.9 Å². The van der Waals surface area contributed by atoms with Crippen LogP contribution in [0.4, 0.5) is 0 Å². The normalized spacial score (nSPS) is 17.3. The van der Waals surface area contributed by atoms with Gasteiger partial charge in [0.25, 0.3) is 0 Å². The molecule has 0 heterocycles. The Kier molecular flexibility index (Phi) is 3.40. The summed E-state index contributed by atoms with van der Waals surface area (Å²) >= 11 is 0. The fraction of sp³-hybridized carbons (Fsp3) is 0.385. The Bertz CT molecular complexity index is 477. The van der Waals surface area contributed by atoms with Crippen molar-refractivity contribution in [2.45, 2.75) is 18.9 Å². The second-order valence-corrected chi connectivity index (χ2v) is 4.08. The summed E-state index contributed by atoms with van der Waals surface area (Å²) in [6, 6.07) is 7.85. The van der Waals surface area contributed by atoms with Gasteiger partial charge in [-0.2, -0.15) is 5.26 Å². The van der Waals surface area contributed by atoms with E-state index in [1.54, 1.807) is 0 Å². The fourth-order valence-corrected chi connectivity index (χ4v) is 2.28. The molecule has 0 bridgehead atoms. The molecule has 88 valence electrons. The van der Waals surface area contributed by atoms with Gasteiger partial charge in [0.15, 0.2) is 0 Å². The van der Waals surface area contributed by atoms with Gasteiger partial charge < -0.3 is 10.1 Å². The molecule has 0 saturated heterocycles. The van der Waals surface area contributed by atoms with E-state index in [1.165, 1.54) is 7.11 Å². The van der Waals surface area contributed by atoms with Gasteiger partial charge in [0.1, 0.15) is 6.61 Å². The minimum absolute atomic E-state index is 0.0148. The zero-order valence-corrected chi connectivity index (χ0v) is 9.69. The minimum atomic E-state index is -0.118. The first-order chi connectivity index (χ1) is 8.26. The SMILES string of the molecule is COCC(=O)NC1CCc2c(C#N)cccc21. The number of hydrogen-bond donors (Lipinski definition) is 1. The van der Waals surface area contributed by atoms with Crippen LogP contribution in [0.15, 0.2) is 18.2 Å². The second kappa shape index (κ2) is 4.98. The third kappa shape index (κ3) is 2.29. The maximum Gasteiger partial charge on any atom is 0.246 e. The van der Waals surface area contributed by atoms with Crippen molar-refractivity contribution in [1.29, 1.82) is 5.26 Å². The third-order valence-electron chi connectivity index (χ3n) is 3.00. The van der Waals surface area contributed by atoms with Crippen LogP contribution in [0.1, 0.15) is 29.2 Å². The van der Waals surface area contributed by atoms with Crippen LogP contribution < -0.4 is 5.32 Å². The summed E-state index contributed by atoms with van der Waals surface area (Å²) in [7, 11) is 1.50. The number of hydrogen-bond acceptors (Lipinski definition) is 3. The molecule has 1 atom stereocenters.